The summed E-state index contributed by atoms with van der Waals surface area (Å²) >= 11 is 0. The van der Waals surface area contributed by atoms with E-state index < -0.39 is 30.3 Å². The number of alkyl halides is 6. The molecule has 2 amide bonds. The number of hydrogen-bond acceptors (Lipinski definition) is 1. The molecule has 3 nitrogen and oxygen atoms in total. The van der Waals surface area contributed by atoms with E-state index in [4.69, 9.17) is 0 Å². The predicted octanol–water partition coefficient (Wildman–Crippen LogP) is 5.01. The van der Waals surface area contributed by atoms with Gasteiger partial charge in [0.15, 0.2) is 0 Å². The van der Waals surface area contributed by atoms with Gasteiger partial charge in [-0.1, -0.05) is 24.6 Å². The van der Waals surface area contributed by atoms with Crippen LogP contribution in [-0.2, 0) is 0 Å². The summed E-state index contributed by atoms with van der Waals surface area (Å²) in [6.45, 7) is 5.68. The fraction of sp³-hybridized carbons (Fsp3) is 0.533. The molecule has 1 rings (SSSR count). The van der Waals surface area contributed by atoms with Gasteiger partial charge in [0.25, 0.3) is 0 Å². The van der Waals surface area contributed by atoms with Crippen LogP contribution in [0, 0.1) is 20.8 Å². The van der Waals surface area contributed by atoms with Crippen molar-refractivity contribution in [2.45, 2.75) is 52.0 Å². The summed E-state index contributed by atoms with van der Waals surface area (Å²) in [6.07, 6.45) is -12.7. The van der Waals surface area contributed by atoms with Crippen molar-refractivity contribution in [3.63, 3.8) is 0 Å². The van der Waals surface area contributed by atoms with Gasteiger partial charge in [-0.25, -0.2) is 4.79 Å². The van der Waals surface area contributed by atoms with Gasteiger partial charge in [0.05, 0.1) is 0 Å². The quantitative estimate of drug-likeness (QED) is 0.735. The van der Waals surface area contributed by atoms with Gasteiger partial charge in [-0.05, 0) is 38.3 Å². The molecule has 24 heavy (non-hydrogen) atoms. The standard InChI is InChI=1S/C15H18F6N2O/c1-5-13(14(16,17)18,15(19,20)21)23-12(24)22-11-9(3)6-8(2)7-10(11)4/h6-7H,5H2,1-4H3,(H2,22,23,24). The highest BCUT2D eigenvalue weighted by atomic mass is 19.4. The molecule has 9 heteroatoms. The number of amides is 2. The molecule has 0 spiro atoms. The summed E-state index contributed by atoms with van der Waals surface area (Å²) in [5, 5.41) is 3.17. The number of rotatable bonds is 3. The monoisotopic (exact) mass is 356 g/mol. The number of benzene rings is 1. The molecule has 0 aromatic heterocycles. The maximum Gasteiger partial charge on any atom is 0.420 e. The van der Waals surface area contributed by atoms with Gasteiger partial charge >= 0.3 is 18.4 Å². The molecule has 0 unspecified atom stereocenters. The molecule has 1 aromatic rings. The van der Waals surface area contributed by atoms with Crippen LogP contribution in [-0.4, -0.2) is 23.9 Å². The summed E-state index contributed by atoms with van der Waals surface area (Å²) < 4.78 is 78.1. The number of anilines is 1. The second-order valence-corrected chi connectivity index (χ2v) is 5.61. The van der Waals surface area contributed by atoms with Crippen LogP contribution < -0.4 is 10.6 Å². The molecule has 0 aliphatic carbocycles. The zero-order valence-corrected chi connectivity index (χ0v) is 13.5. The predicted molar refractivity (Wildman–Crippen MR) is 77.9 cm³/mol. The summed E-state index contributed by atoms with van der Waals surface area (Å²) in [5.74, 6) is 0. The van der Waals surface area contributed by atoms with Crippen molar-refractivity contribution in [3.8, 4) is 0 Å². The van der Waals surface area contributed by atoms with E-state index >= 15 is 0 Å². The molecule has 0 saturated carbocycles. The Morgan fingerprint density at radius 1 is 0.958 bits per heavy atom. The Morgan fingerprint density at radius 2 is 1.38 bits per heavy atom. The Morgan fingerprint density at radius 3 is 1.71 bits per heavy atom. The number of nitrogens with one attached hydrogen (secondary N) is 2. The van der Waals surface area contributed by atoms with E-state index in [9.17, 15) is 31.1 Å². The van der Waals surface area contributed by atoms with Crippen molar-refractivity contribution in [2.24, 2.45) is 0 Å². The second kappa shape index (κ2) is 6.52. The van der Waals surface area contributed by atoms with Gasteiger partial charge in [0.1, 0.15) is 0 Å². The lowest BCUT2D eigenvalue weighted by Crippen LogP contribution is -2.67. The minimum atomic E-state index is -5.69. The van der Waals surface area contributed by atoms with Crippen molar-refractivity contribution < 1.29 is 31.1 Å². The molecule has 0 heterocycles. The van der Waals surface area contributed by atoms with Gasteiger partial charge in [-0.3, -0.25) is 0 Å². The van der Waals surface area contributed by atoms with Crippen molar-refractivity contribution in [1.29, 1.82) is 0 Å². The minimum Gasteiger partial charge on any atom is -0.316 e. The number of halogens is 6. The third kappa shape index (κ3) is 3.76. The van der Waals surface area contributed by atoms with Crippen molar-refractivity contribution >= 4 is 11.7 Å². The molecule has 0 fully saturated rings. The van der Waals surface area contributed by atoms with Crippen LogP contribution in [0.3, 0.4) is 0 Å². The summed E-state index contributed by atoms with van der Waals surface area (Å²) in [7, 11) is 0. The lowest BCUT2D eigenvalue weighted by molar-refractivity contribution is -0.304. The average Bonchev–Trinajstić information content (AvgIpc) is 2.37. The molecule has 0 aliphatic rings. The molecule has 0 bridgehead atoms. The number of carbonyl (C=O) groups excluding carboxylic acids is 1. The Hall–Kier alpha value is -1.93. The lowest BCUT2D eigenvalue weighted by Gasteiger charge is -2.37. The minimum absolute atomic E-state index is 0.174. The Balaban J connectivity index is 3.16. The largest absolute Gasteiger partial charge is 0.420 e. The van der Waals surface area contributed by atoms with Gasteiger partial charge in [0.2, 0.25) is 5.54 Å². The van der Waals surface area contributed by atoms with Gasteiger partial charge in [-0.2, -0.15) is 26.3 Å². The molecule has 2 N–H and O–H groups in total. The zero-order chi connectivity index (χ0) is 18.9. The van der Waals surface area contributed by atoms with E-state index in [1.54, 1.807) is 32.9 Å². The first kappa shape index (κ1) is 20.1. The van der Waals surface area contributed by atoms with Crippen LogP contribution in [0.4, 0.5) is 36.8 Å². The maximum absolute atomic E-state index is 13.0. The van der Waals surface area contributed by atoms with Gasteiger partial charge in [-0.15, -0.1) is 0 Å². The van der Waals surface area contributed by atoms with Crippen LogP contribution in [0.1, 0.15) is 30.0 Å². The van der Waals surface area contributed by atoms with E-state index in [1.807, 2.05) is 0 Å². The second-order valence-electron chi connectivity index (χ2n) is 5.61. The highest BCUT2D eigenvalue weighted by molar-refractivity contribution is 5.91. The molecular weight excluding hydrogens is 338 g/mol. The maximum atomic E-state index is 13.0. The van der Waals surface area contributed by atoms with Crippen LogP contribution in [0.25, 0.3) is 0 Å². The molecular formula is C15H18F6N2O. The van der Waals surface area contributed by atoms with Gasteiger partial charge < -0.3 is 10.6 Å². The van der Waals surface area contributed by atoms with E-state index in [0.717, 1.165) is 10.9 Å². The third-order valence-corrected chi connectivity index (χ3v) is 3.74. The van der Waals surface area contributed by atoms with E-state index in [2.05, 4.69) is 5.32 Å². The fourth-order valence-electron chi connectivity index (χ4n) is 2.51. The van der Waals surface area contributed by atoms with Crippen molar-refractivity contribution in [3.05, 3.63) is 28.8 Å². The van der Waals surface area contributed by atoms with Crippen LogP contribution in [0.15, 0.2) is 12.1 Å². The fourth-order valence-corrected chi connectivity index (χ4v) is 2.51. The van der Waals surface area contributed by atoms with Crippen molar-refractivity contribution in [1.82, 2.24) is 5.32 Å². The number of aryl methyl sites for hydroxylation is 3. The summed E-state index contributed by atoms with van der Waals surface area (Å²) in [4.78, 5) is 11.8. The summed E-state index contributed by atoms with van der Waals surface area (Å²) in [6, 6.07) is 1.74. The van der Waals surface area contributed by atoms with E-state index in [1.165, 1.54) is 0 Å². The smallest absolute Gasteiger partial charge is 0.316 e. The van der Waals surface area contributed by atoms with Crippen LogP contribution in [0.2, 0.25) is 0 Å². The van der Waals surface area contributed by atoms with E-state index in [0.29, 0.717) is 18.1 Å². The molecule has 0 radical (unpaired) electrons. The Kier molecular flexibility index (Phi) is 5.47. The molecule has 136 valence electrons. The van der Waals surface area contributed by atoms with Crippen LogP contribution in [0.5, 0.6) is 0 Å². The first-order valence-corrected chi connectivity index (χ1v) is 7.05. The molecule has 0 saturated heterocycles. The SMILES string of the molecule is CCC(NC(=O)Nc1c(C)cc(C)cc1C)(C(F)(F)F)C(F)(F)F. The topological polar surface area (TPSA) is 41.1 Å². The third-order valence-electron chi connectivity index (χ3n) is 3.74. The zero-order valence-electron chi connectivity index (χ0n) is 13.5. The van der Waals surface area contributed by atoms with Crippen LogP contribution >= 0.6 is 0 Å². The van der Waals surface area contributed by atoms with Crippen molar-refractivity contribution in [2.75, 3.05) is 5.32 Å². The Bertz CT molecular complexity index is 584. The molecule has 0 aliphatic heterocycles. The lowest BCUT2D eigenvalue weighted by atomic mass is 9.94. The average molecular weight is 356 g/mol. The first-order valence-electron chi connectivity index (χ1n) is 7.05. The van der Waals surface area contributed by atoms with Gasteiger partial charge in [0, 0.05) is 5.69 Å². The number of carbonyl (C=O) groups is 1. The first-order chi connectivity index (χ1) is 10.7. The number of urea groups is 1. The normalized spacial score (nSPS) is 12.9. The highest BCUT2D eigenvalue weighted by Crippen LogP contribution is 2.45. The summed E-state index contributed by atoms with van der Waals surface area (Å²) in [5.41, 5.74) is -2.22. The number of hydrogen-bond donors (Lipinski definition) is 2. The Labute approximate surface area is 135 Å². The highest BCUT2D eigenvalue weighted by Gasteiger charge is 2.70. The van der Waals surface area contributed by atoms with E-state index in [-0.39, 0.29) is 5.69 Å². The molecule has 0 atom stereocenters. The molecule has 1 aromatic carbocycles.